The molecule has 0 spiro atoms. The average molecular weight is 347 g/mol. The molecule has 1 aromatic rings. The predicted molar refractivity (Wildman–Crippen MR) is 92.5 cm³/mol. The minimum Gasteiger partial charge on any atom is -0.346 e. The van der Waals surface area contributed by atoms with Crippen molar-refractivity contribution in [2.75, 3.05) is 13.1 Å². The van der Waals surface area contributed by atoms with Crippen molar-refractivity contribution in [3.63, 3.8) is 0 Å². The second-order valence-electron chi connectivity index (χ2n) is 7.48. The number of piperidine rings is 1. The van der Waals surface area contributed by atoms with Gasteiger partial charge in [0.15, 0.2) is 0 Å². The molecule has 1 aliphatic heterocycles. The van der Waals surface area contributed by atoms with E-state index in [4.69, 9.17) is 11.6 Å². The van der Waals surface area contributed by atoms with Crippen molar-refractivity contribution >= 4 is 23.4 Å². The lowest BCUT2D eigenvalue weighted by molar-refractivity contribution is -0.137. The molecule has 1 unspecified atom stereocenters. The molecule has 1 heterocycles. The first kappa shape index (κ1) is 15.9. The van der Waals surface area contributed by atoms with Gasteiger partial charge in [0.25, 0.3) is 0 Å². The molecule has 4 rings (SSSR count). The third-order valence-electron chi connectivity index (χ3n) is 5.54. The molecule has 2 aliphatic carbocycles. The normalized spacial score (nSPS) is 25.2. The minimum atomic E-state index is -0.218. The van der Waals surface area contributed by atoms with Gasteiger partial charge < -0.3 is 10.2 Å². The van der Waals surface area contributed by atoms with Gasteiger partial charge >= 0.3 is 0 Å². The highest BCUT2D eigenvalue weighted by Crippen LogP contribution is 2.46. The first-order valence-corrected chi connectivity index (χ1v) is 9.32. The van der Waals surface area contributed by atoms with Gasteiger partial charge in [-0.1, -0.05) is 23.7 Å². The lowest BCUT2D eigenvalue weighted by atomic mass is 9.95. The number of benzene rings is 1. The first-order valence-electron chi connectivity index (χ1n) is 8.94. The highest BCUT2D eigenvalue weighted by Gasteiger charge is 2.47. The summed E-state index contributed by atoms with van der Waals surface area (Å²) in [5, 5.41) is 3.97. The molecule has 3 aliphatic rings. The lowest BCUT2D eigenvalue weighted by Crippen LogP contribution is -2.48. The number of likely N-dealkylation sites (tertiary alicyclic amines) is 1. The molecular formula is C19H23ClN2O2. The molecule has 0 aromatic heterocycles. The molecule has 3 fully saturated rings. The van der Waals surface area contributed by atoms with Gasteiger partial charge in [-0.25, -0.2) is 0 Å². The Labute approximate surface area is 147 Å². The van der Waals surface area contributed by atoms with E-state index in [0.717, 1.165) is 50.6 Å². The van der Waals surface area contributed by atoms with Crippen LogP contribution in [-0.4, -0.2) is 29.8 Å². The third-order valence-corrected chi connectivity index (χ3v) is 5.79. The summed E-state index contributed by atoms with van der Waals surface area (Å²) in [4.78, 5) is 26.9. The zero-order valence-corrected chi connectivity index (χ0v) is 14.5. The van der Waals surface area contributed by atoms with Crippen molar-refractivity contribution in [1.29, 1.82) is 0 Å². The van der Waals surface area contributed by atoms with Crippen LogP contribution in [0.15, 0.2) is 24.3 Å². The number of halogens is 1. The first-order chi connectivity index (χ1) is 11.6. The highest BCUT2D eigenvalue weighted by atomic mass is 35.5. The van der Waals surface area contributed by atoms with Gasteiger partial charge in [0.2, 0.25) is 11.8 Å². The lowest BCUT2D eigenvalue weighted by Gasteiger charge is -2.33. The topological polar surface area (TPSA) is 49.4 Å². The van der Waals surface area contributed by atoms with Gasteiger partial charge in [-0.3, -0.25) is 9.59 Å². The van der Waals surface area contributed by atoms with Crippen molar-refractivity contribution in [2.45, 2.75) is 44.1 Å². The van der Waals surface area contributed by atoms with Crippen LogP contribution in [0.2, 0.25) is 5.02 Å². The Morgan fingerprint density at radius 2 is 1.79 bits per heavy atom. The largest absolute Gasteiger partial charge is 0.346 e. The van der Waals surface area contributed by atoms with Crippen LogP contribution in [0.25, 0.3) is 0 Å². The van der Waals surface area contributed by atoms with Gasteiger partial charge in [-0.05, 0) is 56.2 Å². The summed E-state index contributed by atoms with van der Waals surface area (Å²) in [6, 6.07) is 7.75. The van der Waals surface area contributed by atoms with E-state index in [1.165, 1.54) is 0 Å². The molecule has 2 saturated carbocycles. The molecular weight excluding hydrogens is 324 g/mol. The molecule has 1 saturated heterocycles. The van der Waals surface area contributed by atoms with E-state index in [0.29, 0.717) is 11.6 Å². The zero-order chi connectivity index (χ0) is 16.7. The van der Waals surface area contributed by atoms with Crippen molar-refractivity contribution in [2.24, 2.45) is 11.8 Å². The van der Waals surface area contributed by atoms with Crippen molar-refractivity contribution in [1.82, 2.24) is 10.2 Å². The smallest absolute Gasteiger partial charge is 0.225 e. The Morgan fingerprint density at radius 1 is 1.08 bits per heavy atom. The van der Waals surface area contributed by atoms with E-state index >= 15 is 0 Å². The van der Waals surface area contributed by atoms with E-state index in [-0.39, 0.29) is 29.2 Å². The van der Waals surface area contributed by atoms with Crippen LogP contribution in [0.1, 0.15) is 44.1 Å². The standard InChI is InChI=1S/C19H23ClN2O2/c20-16-7-5-15(6-8-16)19(9-10-19)21-17(23)14-2-1-11-22(12-14)18(24)13-3-4-13/h5-8,13-14H,1-4,9-12H2,(H,21,23). The Bertz CT molecular complexity index is 650. The maximum Gasteiger partial charge on any atom is 0.225 e. The molecule has 2 amide bonds. The minimum absolute atomic E-state index is 0.0776. The molecule has 0 radical (unpaired) electrons. The van der Waals surface area contributed by atoms with E-state index in [1.807, 2.05) is 29.2 Å². The molecule has 128 valence electrons. The summed E-state index contributed by atoms with van der Waals surface area (Å²) in [6.07, 6.45) is 5.77. The molecule has 1 N–H and O–H groups in total. The summed E-state index contributed by atoms with van der Waals surface area (Å²) in [6.45, 7) is 1.39. The van der Waals surface area contributed by atoms with Crippen LogP contribution in [0.4, 0.5) is 0 Å². The number of nitrogens with zero attached hydrogens (tertiary/aromatic N) is 1. The van der Waals surface area contributed by atoms with Gasteiger partial charge in [0, 0.05) is 24.0 Å². The SMILES string of the molecule is O=C(NC1(c2ccc(Cl)cc2)CC1)C1CCCN(C(=O)C2CC2)C1. The number of rotatable bonds is 4. The fourth-order valence-corrected chi connectivity index (χ4v) is 3.82. The van der Waals surface area contributed by atoms with Crippen molar-refractivity contribution in [3.05, 3.63) is 34.9 Å². The molecule has 0 bridgehead atoms. The Balaban J connectivity index is 1.40. The molecule has 1 atom stereocenters. The number of amides is 2. The van der Waals surface area contributed by atoms with Crippen molar-refractivity contribution in [3.8, 4) is 0 Å². The fourth-order valence-electron chi connectivity index (χ4n) is 3.70. The quantitative estimate of drug-likeness (QED) is 0.910. The summed E-state index contributed by atoms with van der Waals surface area (Å²) < 4.78 is 0. The molecule has 4 nitrogen and oxygen atoms in total. The van der Waals surface area contributed by atoms with E-state index in [1.54, 1.807) is 0 Å². The maximum atomic E-state index is 12.8. The van der Waals surface area contributed by atoms with Gasteiger partial charge in [-0.15, -0.1) is 0 Å². The summed E-state index contributed by atoms with van der Waals surface area (Å²) in [5.41, 5.74) is 0.909. The van der Waals surface area contributed by atoms with Crippen LogP contribution >= 0.6 is 11.6 Å². The van der Waals surface area contributed by atoms with Crippen LogP contribution in [0.5, 0.6) is 0 Å². The monoisotopic (exact) mass is 346 g/mol. The van der Waals surface area contributed by atoms with Crippen molar-refractivity contribution < 1.29 is 9.59 Å². The van der Waals surface area contributed by atoms with Crippen LogP contribution < -0.4 is 5.32 Å². The molecule has 1 aromatic carbocycles. The molecule has 5 heteroatoms. The van der Waals surface area contributed by atoms with Crippen LogP contribution in [0, 0.1) is 11.8 Å². The Hall–Kier alpha value is -1.55. The Morgan fingerprint density at radius 3 is 2.42 bits per heavy atom. The third kappa shape index (κ3) is 3.16. The van der Waals surface area contributed by atoms with Crippen LogP contribution in [0.3, 0.4) is 0 Å². The highest BCUT2D eigenvalue weighted by molar-refractivity contribution is 6.30. The number of carbonyl (C=O) groups excluding carboxylic acids is 2. The second-order valence-corrected chi connectivity index (χ2v) is 7.91. The Kier molecular flexibility index (Phi) is 4.03. The van der Waals surface area contributed by atoms with Gasteiger partial charge in [-0.2, -0.15) is 0 Å². The van der Waals surface area contributed by atoms with E-state index in [9.17, 15) is 9.59 Å². The maximum absolute atomic E-state index is 12.8. The number of hydrogen-bond acceptors (Lipinski definition) is 2. The van der Waals surface area contributed by atoms with E-state index < -0.39 is 0 Å². The average Bonchev–Trinajstić information content (AvgIpc) is 3.50. The van der Waals surface area contributed by atoms with Gasteiger partial charge in [0.1, 0.15) is 0 Å². The number of carbonyl (C=O) groups is 2. The molecule has 24 heavy (non-hydrogen) atoms. The second kappa shape index (κ2) is 6.07. The number of nitrogens with one attached hydrogen (secondary N) is 1. The summed E-state index contributed by atoms with van der Waals surface area (Å²) >= 11 is 5.96. The van der Waals surface area contributed by atoms with Crippen LogP contribution in [-0.2, 0) is 15.1 Å². The van der Waals surface area contributed by atoms with E-state index in [2.05, 4.69) is 5.32 Å². The summed E-state index contributed by atoms with van der Waals surface area (Å²) in [7, 11) is 0. The van der Waals surface area contributed by atoms with Gasteiger partial charge in [0.05, 0.1) is 11.5 Å². The summed E-state index contributed by atoms with van der Waals surface area (Å²) in [5.74, 6) is 0.504. The predicted octanol–water partition coefficient (Wildman–Crippen LogP) is 3.09. The fraction of sp³-hybridized carbons (Fsp3) is 0.579. The zero-order valence-electron chi connectivity index (χ0n) is 13.8. The number of hydrogen-bond donors (Lipinski definition) is 1.